The molecular weight excluding hydrogens is 458 g/mol. The molecule has 0 fully saturated rings. The van der Waals surface area contributed by atoms with Crippen LogP contribution in [-0.2, 0) is 13.0 Å². The maximum Gasteiger partial charge on any atom is 0.251 e. The Labute approximate surface area is 212 Å². The van der Waals surface area contributed by atoms with E-state index in [2.05, 4.69) is 48.0 Å². The number of imidazole rings is 1. The van der Waals surface area contributed by atoms with Gasteiger partial charge < -0.3 is 14.6 Å². The first-order valence-corrected chi connectivity index (χ1v) is 12.6. The molecular formula is C29H32ClN3O2. The minimum Gasteiger partial charge on any atom is -0.491 e. The van der Waals surface area contributed by atoms with Crippen LogP contribution in [0.2, 0.25) is 5.02 Å². The summed E-state index contributed by atoms with van der Waals surface area (Å²) < 4.78 is 8.40. The van der Waals surface area contributed by atoms with Crippen LogP contribution in [0.4, 0.5) is 0 Å². The summed E-state index contributed by atoms with van der Waals surface area (Å²) in [5.41, 5.74) is 5.17. The average molecular weight is 490 g/mol. The third-order valence-corrected chi connectivity index (χ3v) is 6.55. The Hall–Kier alpha value is -3.31. The van der Waals surface area contributed by atoms with E-state index in [1.165, 1.54) is 11.1 Å². The Kier molecular flexibility index (Phi) is 8.43. The lowest BCUT2D eigenvalue weighted by Crippen LogP contribution is -2.24. The quantitative estimate of drug-likeness (QED) is 0.244. The number of hydrogen-bond donors (Lipinski definition) is 1. The lowest BCUT2D eigenvalue weighted by Gasteiger charge is -2.13. The van der Waals surface area contributed by atoms with Gasteiger partial charge in [-0.15, -0.1) is 0 Å². The maximum absolute atomic E-state index is 12.2. The van der Waals surface area contributed by atoms with Crippen molar-refractivity contribution in [2.24, 2.45) is 0 Å². The van der Waals surface area contributed by atoms with E-state index in [0.717, 1.165) is 54.8 Å². The van der Waals surface area contributed by atoms with Crippen LogP contribution in [0.25, 0.3) is 11.0 Å². The predicted octanol–water partition coefficient (Wildman–Crippen LogP) is 6.53. The zero-order valence-corrected chi connectivity index (χ0v) is 21.1. The van der Waals surface area contributed by atoms with E-state index in [-0.39, 0.29) is 5.91 Å². The first-order chi connectivity index (χ1) is 17.0. The number of unbranched alkanes of at least 4 members (excludes halogenated alkanes) is 2. The molecule has 0 spiro atoms. The Morgan fingerprint density at radius 2 is 1.83 bits per heavy atom. The summed E-state index contributed by atoms with van der Waals surface area (Å²) in [6, 6.07) is 21.4. The van der Waals surface area contributed by atoms with Gasteiger partial charge in [0.05, 0.1) is 17.6 Å². The monoisotopic (exact) mass is 489 g/mol. The lowest BCUT2D eigenvalue weighted by atomic mass is 10.1. The normalized spacial score (nSPS) is 11.1. The summed E-state index contributed by atoms with van der Waals surface area (Å²) in [6.45, 7) is 6.18. The highest BCUT2D eigenvalue weighted by Gasteiger charge is 2.11. The van der Waals surface area contributed by atoms with Crippen molar-refractivity contribution < 1.29 is 9.53 Å². The molecule has 4 rings (SSSR count). The summed E-state index contributed by atoms with van der Waals surface area (Å²) in [7, 11) is 0. The summed E-state index contributed by atoms with van der Waals surface area (Å²) in [6.07, 6.45) is 3.83. The minimum atomic E-state index is -0.0851. The number of carbonyl (C=O) groups excluding carboxylic acids is 1. The van der Waals surface area contributed by atoms with Crippen molar-refractivity contribution in [1.82, 2.24) is 14.9 Å². The molecule has 0 radical (unpaired) electrons. The maximum atomic E-state index is 12.2. The summed E-state index contributed by atoms with van der Waals surface area (Å²) in [5.74, 6) is 1.94. The van der Waals surface area contributed by atoms with Crippen LogP contribution in [0.5, 0.6) is 5.75 Å². The fraction of sp³-hybridized carbons (Fsp3) is 0.310. The van der Waals surface area contributed by atoms with Gasteiger partial charge in [0, 0.05) is 23.6 Å². The molecule has 3 aromatic carbocycles. The van der Waals surface area contributed by atoms with E-state index >= 15 is 0 Å². The first kappa shape index (κ1) is 24.8. The van der Waals surface area contributed by atoms with Gasteiger partial charge in [-0.1, -0.05) is 48.4 Å². The average Bonchev–Trinajstić information content (AvgIpc) is 3.21. The lowest BCUT2D eigenvalue weighted by molar-refractivity contribution is 0.0953. The molecule has 0 saturated carbocycles. The number of carbonyl (C=O) groups is 1. The molecule has 5 nitrogen and oxygen atoms in total. The minimum absolute atomic E-state index is 0.0851. The number of nitrogens with zero attached hydrogens (tertiary/aromatic N) is 2. The van der Waals surface area contributed by atoms with Crippen LogP contribution >= 0.6 is 11.6 Å². The van der Waals surface area contributed by atoms with Crippen LogP contribution < -0.4 is 10.1 Å². The van der Waals surface area contributed by atoms with Crippen molar-refractivity contribution in [3.8, 4) is 5.75 Å². The summed E-state index contributed by atoms with van der Waals surface area (Å²) >= 11 is 5.97. The Balaban J connectivity index is 1.29. The number of ether oxygens (including phenoxy) is 1. The number of fused-ring (bicyclic) bond motifs is 1. The number of aryl methyl sites for hydroxylation is 2. The highest BCUT2D eigenvalue weighted by molar-refractivity contribution is 6.30. The Morgan fingerprint density at radius 1 is 1.00 bits per heavy atom. The van der Waals surface area contributed by atoms with E-state index in [9.17, 15) is 4.79 Å². The standard InChI is InChI=1S/C29H32ClN3O2/c1-21-10-8-15-27(22(21)2)35-19-18-33-26-14-6-5-13-25(26)32-28(33)16-4-3-7-17-31-29(34)23-11-9-12-24(30)20-23/h5-6,8-15,20H,3-4,7,16-19H2,1-2H3,(H,31,34). The van der Waals surface area contributed by atoms with Gasteiger partial charge in [0.1, 0.15) is 18.2 Å². The van der Waals surface area contributed by atoms with Crippen molar-refractivity contribution in [1.29, 1.82) is 0 Å². The van der Waals surface area contributed by atoms with Crippen LogP contribution in [0.15, 0.2) is 66.7 Å². The van der Waals surface area contributed by atoms with Crippen LogP contribution in [-0.4, -0.2) is 28.6 Å². The molecule has 0 aliphatic heterocycles. The van der Waals surface area contributed by atoms with E-state index in [1.54, 1.807) is 24.3 Å². The fourth-order valence-corrected chi connectivity index (χ4v) is 4.40. The number of rotatable bonds is 11. The zero-order valence-electron chi connectivity index (χ0n) is 20.4. The molecule has 1 amide bonds. The molecule has 0 unspecified atom stereocenters. The number of hydrogen-bond acceptors (Lipinski definition) is 3. The smallest absolute Gasteiger partial charge is 0.251 e. The third-order valence-electron chi connectivity index (χ3n) is 6.31. The molecule has 182 valence electrons. The largest absolute Gasteiger partial charge is 0.491 e. The summed E-state index contributed by atoms with van der Waals surface area (Å²) in [4.78, 5) is 17.1. The van der Waals surface area contributed by atoms with Gasteiger partial charge in [0.2, 0.25) is 0 Å². The second-order valence-corrected chi connectivity index (χ2v) is 9.23. The molecule has 1 heterocycles. The van der Waals surface area contributed by atoms with Crippen molar-refractivity contribution in [3.63, 3.8) is 0 Å². The van der Waals surface area contributed by atoms with Gasteiger partial charge in [-0.05, 0) is 74.2 Å². The van der Waals surface area contributed by atoms with E-state index in [1.807, 2.05) is 18.2 Å². The third kappa shape index (κ3) is 6.43. The SMILES string of the molecule is Cc1cccc(OCCn2c(CCCCCNC(=O)c3cccc(Cl)c3)nc3ccccc32)c1C. The number of halogens is 1. The molecule has 1 N–H and O–H groups in total. The van der Waals surface area contributed by atoms with Crippen molar-refractivity contribution in [2.45, 2.75) is 46.1 Å². The van der Waals surface area contributed by atoms with Crippen molar-refractivity contribution in [3.05, 3.63) is 94.3 Å². The number of aromatic nitrogens is 2. The molecule has 1 aromatic heterocycles. The Bertz CT molecular complexity index is 1300. The van der Waals surface area contributed by atoms with Crippen LogP contribution in [0, 0.1) is 13.8 Å². The number of nitrogens with one attached hydrogen (secondary N) is 1. The molecule has 0 aliphatic carbocycles. The first-order valence-electron chi connectivity index (χ1n) is 12.2. The zero-order chi connectivity index (χ0) is 24.6. The summed E-state index contributed by atoms with van der Waals surface area (Å²) in [5, 5.41) is 3.54. The van der Waals surface area contributed by atoms with Crippen molar-refractivity contribution in [2.75, 3.05) is 13.2 Å². The molecule has 35 heavy (non-hydrogen) atoms. The fourth-order valence-electron chi connectivity index (χ4n) is 4.21. The van der Waals surface area contributed by atoms with Crippen LogP contribution in [0.3, 0.4) is 0 Å². The van der Waals surface area contributed by atoms with E-state index in [4.69, 9.17) is 21.3 Å². The molecule has 0 saturated heterocycles. The Morgan fingerprint density at radius 3 is 2.69 bits per heavy atom. The topological polar surface area (TPSA) is 56.1 Å². The molecule has 0 aliphatic rings. The molecule has 0 bridgehead atoms. The van der Waals surface area contributed by atoms with Gasteiger partial charge in [0.15, 0.2) is 0 Å². The predicted molar refractivity (Wildman–Crippen MR) is 142 cm³/mol. The molecule has 6 heteroatoms. The highest BCUT2D eigenvalue weighted by atomic mass is 35.5. The number of para-hydroxylation sites is 2. The van der Waals surface area contributed by atoms with Gasteiger partial charge in [0.25, 0.3) is 5.91 Å². The second kappa shape index (κ2) is 11.9. The molecule has 4 aromatic rings. The number of amides is 1. The van der Waals surface area contributed by atoms with Gasteiger partial charge in [-0.3, -0.25) is 4.79 Å². The number of benzene rings is 3. The van der Waals surface area contributed by atoms with Crippen LogP contribution in [0.1, 0.15) is 46.6 Å². The van der Waals surface area contributed by atoms with Crippen molar-refractivity contribution >= 4 is 28.5 Å². The van der Waals surface area contributed by atoms with Gasteiger partial charge >= 0.3 is 0 Å². The molecule has 0 atom stereocenters. The van der Waals surface area contributed by atoms with E-state index in [0.29, 0.717) is 23.7 Å². The highest BCUT2D eigenvalue weighted by Crippen LogP contribution is 2.22. The van der Waals surface area contributed by atoms with E-state index < -0.39 is 0 Å². The van der Waals surface area contributed by atoms with Gasteiger partial charge in [-0.25, -0.2) is 4.98 Å². The second-order valence-electron chi connectivity index (χ2n) is 8.79. The van der Waals surface area contributed by atoms with Gasteiger partial charge in [-0.2, -0.15) is 0 Å².